The van der Waals surface area contributed by atoms with E-state index in [-0.39, 0.29) is 6.04 Å². The quantitative estimate of drug-likeness (QED) is 0.670. The second-order valence-electron chi connectivity index (χ2n) is 4.61. The van der Waals surface area contributed by atoms with Gasteiger partial charge in [0, 0.05) is 18.1 Å². The molecule has 0 spiro atoms. The van der Waals surface area contributed by atoms with Crippen molar-refractivity contribution in [2.75, 3.05) is 17.4 Å². The number of halogens is 1. The molecule has 5 nitrogen and oxygen atoms in total. The number of hydrogen-bond donors (Lipinski definition) is 2. The van der Waals surface area contributed by atoms with E-state index >= 15 is 0 Å². The third-order valence-corrected chi connectivity index (χ3v) is 3.61. The van der Waals surface area contributed by atoms with Gasteiger partial charge in [-0.15, -0.1) is 0 Å². The van der Waals surface area contributed by atoms with Crippen LogP contribution < -0.4 is 16.2 Å². The predicted molar refractivity (Wildman–Crippen MR) is 82.8 cm³/mol. The van der Waals surface area contributed by atoms with Gasteiger partial charge in [-0.1, -0.05) is 29.8 Å². The standard InChI is InChI=1S/C14H18ClN5/c1-9(11-6-4-5-7-12(11)15)20(3)14-8-13(19-16)17-10(2)18-14/h4-9H,16H2,1-3H3,(H,17,18,19). The molecular weight excluding hydrogens is 274 g/mol. The summed E-state index contributed by atoms with van der Waals surface area (Å²) < 4.78 is 0. The van der Waals surface area contributed by atoms with Crippen molar-refractivity contribution in [3.05, 3.63) is 46.7 Å². The number of benzene rings is 1. The van der Waals surface area contributed by atoms with Crippen molar-refractivity contribution >= 4 is 23.2 Å². The molecule has 6 heteroatoms. The highest BCUT2D eigenvalue weighted by Gasteiger charge is 2.16. The molecule has 1 aromatic carbocycles. The number of nitrogens with one attached hydrogen (secondary N) is 1. The van der Waals surface area contributed by atoms with Crippen molar-refractivity contribution in [2.45, 2.75) is 19.9 Å². The lowest BCUT2D eigenvalue weighted by molar-refractivity contribution is 0.725. The number of anilines is 2. The van der Waals surface area contributed by atoms with E-state index < -0.39 is 0 Å². The Morgan fingerprint density at radius 1 is 1.30 bits per heavy atom. The molecular formula is C14H18ClN5. The van der Waals surface area contributed by atoms with Crippen LogP contribution in [0.2, 0.25) is 5.02 Å². The minimum atomic E-state index is 0.0867. The zero-order valence-electron chi connectivity index (χ0n) is 11.8. The maximum Gasteiger partial charge on any atom is 0.145 e. The molecule has 0 fully saturated rings. The first-order valence-corrected chi connectivity index (χ1v) is 6.70. The van der Waals surface area contributed by atoms with Gasteiger partial charge in [0.15, 0.2) is 0 Å². The Balaban J connectivity index is 2.33. The topological polar surface area (TPSA) is 67.1 Å². The first-order valence-electron chi connectivity index (χ1n) is 6.32. The smallest absolute Gasteiger partial charge is 0.145 e. The number of nitrogen functional groups attached to an aromatic ring is 1. The van der Waals surface area contributed by atoms with Gasteiger partial charge in [0.2, 0.25) is 0 Å². The molecule has 3 N–H and O–H groups in total. The number of aromatic nitrogens is 2. The Labute approximate surface area is 123 Å². The Bertz CT molecular complexity index is 602. The van der Waals surface area contributed by atoms with Gasteiger partial charge >= 0.3 is 0 Å². The molecule has 2 rings (SSSR count). The maximum absolute atomic E-state index is 6.25. The predicted octanol–water partition coefficient (Wildman–Crippen LogP) is 2.92. The van der Waals surface area contributed by atoms with Crippen LogP contribution in [0.4, 0.5) is 11.6 Å². The van der Waals surface area contributed by atoms with Gasteiger partial charge in [-0.3, -0.25) is 0 Å². The molecule has 0 bridgehead atoms. The number of rotatable bonds is 4. The Morgan fingerprint density at radius 3 is 2.65 bits per heavy atom. The van der Waals surface area contributed by atoms with Gasteiger partial charge < -0.3 is 10.3 Å². The van der Waals surface area contributed by atoms with Crippen molar-refractivity contribution in [3.8, 4) is 0 Å². The Kier molecular flexibility index (Phi) is 4.42. The summed E-state index contributed by atoms with van der Waals surface area (Å²) in [4.78, 5) is 10.7. The fraction of sp³-hybridized carbons (Fsp3) is 0.286. The van der Waals surface area contributed by atoms with Gasteiger partial charge in [0.05, 0.1) is 6.04 Å². The van der Waals surface area contributed by atoms with Crippen molar-refractivity contribution in [3.63, 3.8) is 0 Å². The van der Waals surface area contributed by atoms with Crippen LogP contribution in [0, 0.1) is 6.92 Å². The van der Waals surface area contributed by atoms with E-state index in [1.165, 1.54) is 0 Å². The highest BCUT2D eigenvalue weighted by Crippen LogP contribution is 2.29. The van der Waals surface area contributed by atoms with Gasteiger partial charge in [-0.25, -0.2) is 15.8 Å². The minimum Gasteiger partial charge on any atom is -0.353 e. The van der Waals surface area contributed by atoms with Crippen LogP contribution in [0.5, 0.6) is 0 Å². The molecule has 0 aliphatic heterocycles. The van der Waals surface area contributed by atoms with Gasteiger partial charge in [0.25, 0.3) is 0 Å². The molecule has 1 atom stereocenters. The van der Waals surface area contributed by atoms with Crippen LogP contribution in [-0.4, -0.2) is 17.0 Å². The van der Waals surface area contributed by atoms with Crippen molar-refractivity contribution < 1.29 is 0 Å². The van der Waals surface area contributed by atoms with Crippen molar-refractivity contribution in [2.24, 2.45) is 5.84 Å². The average molecular weight is 292 g/mol. The zero-order valence-corrected chi connectivity index (χ0v) is 12.5. The van der Waals surface area contributed by atoms with E-state index in [9.17, 15) is 0 Å². The van der Waals surface area contributed by atoms with Gasteiger partial charge in [-0.2, -0.15) is 0 Å². The molecule has 0 radical (unpaired) electrons. The highest BCUT2D eigenvalue weighted by molar-refractivity contribution is 6.31. The molecule has 1 aromatic heterocycles. The van der Waals surface area contributed by atoms with Crippen molar-refractivity contribution in [1.82, 2.24) is 9.97 Å². The molecule has 0 aliphatic rings. The molecule has 106 valence electrons. The van der Waals surface area contributed by atoms with E-state index in [2.05, 4.69) is 22.3 Å². The lowest BCUT2D eigenvalue weighted by Crippen LogP contribution is -2.24. The average Bonchev–Trinajstić information content (AvgIpc) is 2.45. The second kappa shape index (κ2) is 6.07. The summed E-state index contributed by atoms with van der Waals surface area (Å²) in [5, 5.41) is 0.745. The largest absolute Gasteiger partial charge is 0.353 e. The van der Waals surface area contributed by atoms with Crippen LogP contribution in [-0.2, 0) is 0 Å². The molecule has 2 aromatic rings. The van der Waals surface area contributed by atoms with E-state index in [0.717, 1.165) is 16.4 Å². The number of hydrogen-bond acceptors (Lipinski definition) is 5. The van der Waals surface area contributed by atoms with Gasteiger partial charge in [0.1, 0.15) is 17.5 Å². The normalized spacial score (nSPS) is 12.1. The first kappa shape index (κ1) is 14.6. The monoisotopic (exact) mass is 291 g/mol. The van der Waals surface area contributed by atoms with Crippen LogP contribution in [0.25, 0.3) is 0 Å². The van der Waals surface area contributed by atoms with Crippen LogP contribution in [0.1, 0.15) is 24.4 Å². The summed E-state index contributed by atoms with van der Waals surface area (Å²) in [6, 6.07) is 9.69. The summed E-state index contributed by atoms with van der Waals surface area (Å²) in [6.45, 7) is 3.91. The SMILES string of the molecule is Cc1nc(NN)cc(N(C)C(C)c2ccccc2Cl)n1. The highest BCUT2D eigenvalue weighted by atomic mass is 35.5. The van der Waals surface area contributed by atoms with E-state index in [1.807, 2.05) is 43.1 Å². The number of nitrogens with two attached hydrogens (primary N) is 1. The molecule has 1 heterocycles. The van der Waals surface area contributed by atoms with Gasteiger partial charge in [-0.05, 0) is 25.5 Å². The summed E-state index contributed by atoms with van der Waals surface area (Å²) in [6.07, 6.45) is 0. The number of aryl methyl sites for hydroxylation is 1. The summed E-state index contributed by atoms with van der Waals surface area (Å²) in [7, 11) is 1.97. The third-order valence-electron chi connectivity index (χ3n) is 3.27. The molecule has 0 aliphatic carbocycles. The number of nitrogens with zero attached hydrogens (tertiary/aromatic N) is 3. The van der Waals surface area contributed by atoms with Crippen LogP contribution >= 0.6 is 11.6 Å². The lowest BCUT2D eigenvalue weighted by Gasteiger charge is -2.27. The summed E-state index contributed by atoms with van der Waals surface area (Å²) >= 11 is 6.25. The summed E-state index contributed by atoms with van der Waals surface area (Å²) in [5.41, 5.74) is 3.60. The fourth-order valence-corrected chi connectivity index (χ4v) is 2.32. The molecule has 1 unspecified atom stereocenters. The van der Waals surface area contributed by atoms with Crippen LogP contribution in [0.15, 0.2) is 30.3 Å². The molecule has 20 heavy (non-hydrogen) atoms. The molecule has 0 saturated heterocycles. The zero-order chi connectivity index (χ0) is 14.7. The summed E-state index contributed by atoms with van der Waals surface area (Å²) in [5.74, 6) is 7.46. The maximum atomic E-state index is 6.25. The molecule has 0 amide bonds. The fourth-order valence-electron chi connectivity index (χ4n) is 2.03. The van der Waals surface area contributed by atoms with E-state index in [0.29, 0.717) is 11.6 Å². The van der Waals surface area contributed by atoms with Crippen LogP contribution in [0.3, 0.4) is 0 Å². The number of hydrazine groups is 1. The lowest BCUT2D eigenvalue weighted by atomic mass is 10.1. The Hall–Kier alpha value is -1.85. The Morgan fingerprint density at radius 2 is 2.00 bits per heavy atom. The van der Waals surface area contributed by atoms with E-state index in [1.54, 1.807) is 6.07 Å². The van der Waals surface area contributed by atoms with E-state index in [4.69, 9.17) is 17.4 Å². The first-order chi connectivity index (χ1) is 9.52. The minimum absolute atomic E-state index is 0.0867. The van der Waals surface area contributed by atoms with Crippen molar-refractivity contribution in [1.29, 1.82) is 0 Å². The third kappa shape index (κ3) is 3.00. The molecule has 0 saturated carbocycles. The second-order valence-corrected chi connectivity index (χ2v) is 5.02.